The Balaban J connectivity index is 1.95. The molecule has 2 aromatic rings. The van der Waals surface area contributed by atoms with Crippen molar-refractivity contribution in [3.63, 3.8) is 0 Å². The van der Waals surface area contributed by atoms with Gasteiger partial charge in [-0.1, -0.05) is 36.4 Å². The first-order chi connectivity index (χ1) is 8.25. The van der Waals surface area contributed by atoms with Gasteiger partial charge >= 0.3 is 0 Å². The summed E-state index contributed by atoms with van der Waals surface area (Å²) in [6.07, 6.45) is -0.515. The molecular weight excluding hydrogens is 212 g/mol. The SMILES string of the molecule is Cc1cccc(NCC(O)c2ccccc2)n1. The van der Waals surface area contributed by atoms with E-state index in [0.29, 0.717) is 6.54 Å². The lowest BCUT2D eigenvalue weighted by Crippen LogP contribution is -2.12. The van der Waals surface area contributed by atoms with Crippen molar-refractivity contribution in [2.24, 2.45) is 0 Å². The number of aryl methyl sites for hydroxylation is 1. The maximum Gasteiger partial charge on any atom is 0.126 e. The summed E-state index contributed by atoms with van der Waals surface area (Å²) >= 11 is 0. The lowest BCUT2D eigenvalue weighted by molar-refractivity contribution is 0.191. The molecule has 0 fully saturated rings. The van der Waals surface area contributed by atoms with E-state index in [1.165, 1.54) is 0 Å². The Kier molecular flexibility index (Phi) is 3.73. The van der Waals surface area contributed by atoms with Crippen molar-refractivity contribution < 1.29 is 5.11 Å². The van der Waals surface area contributed by atoms with Crippen LogP contribution >= 0.6 is 0 Å². The second-order valence-electron chi connectivity index (χ2n) is 3.97. The minimum Gasteiger partial charge on any atom is -0.387 e. The number of nitrogens with zero attached hydrogens (tertiary/aromatic N) is 1. The first kappa shape index (κ1) is 11.6. The number of rotatable bonds is 4. The maximum absolute atomic E-state index is 9.96. The number of hydrogen-bond donors (Lipinski definition) is 2. The molecule has 0 aliphatic carbocycles. The summed E-state index contributed by atoms with van der Waals surface area (Å²) < 4.78 is 0. The van der Waals surface area contributed by atoms with Crippen LogP contribution in [-0.4, -0.2) is 16.6 Å². The van der Waals surface area contributed by atoms with Gasteiger partial charge in [-0.2, -0.15) is 0 Å². The highest BCUT2D eigenvalue weighted by atomic mass is 16.3. The van der Waals surface area contributed by atoms with Crippen LogP contribution < -0.4 is 5.32 Å². The van der Waals surface area contributed by atoms with Crippen molar-refractivity contribution in [3.05, 3.63) is 59.8 Å². The van der Waals surface area contributed by atoms with Gasteiger partial charge in [-0.3, -0.25) is 0 Å². The Labute approximate surface area is 101 Å². The summed E-state index contributed by atoms with van der Waals surface area (Å²) in [4.78, 5) is 4.32. The number of anilines is 1. The average molecular weight is 228 g/mol. The molecule has 0 aliphatic rings. The smallest absolute Gasteiger partial charge is 0.126 e. The molecule has 3 heteroatoms. The number of benzene rings is 1. The van der Waals surface area contributed by atoms with Crippen LogP contribution in [0.2, 0.25) is 0 Å². The zero-order valence-corrected chi connectivity index (χ0v) is 9.80. The van der Waals surface area contributed by atoms with Crippen molar-refractivity contribution in [3.8, 4) is 0 Å². The molecule has 0 amide bonds. The fourth-order valence-corrected chi connectivity index (χ4v) is 1.64. The van der Waals surface area contributed by atoms with Crippen LogP contribution in [0.15, 0.2) is 48.5 Å². The van der Waals surface area contributed by atoms with E-state index in [1.807, 2.05) is 55.5 Å². The third kappa shape index (κ3) is 3.29. The van der Waals surface area contributed by atoms with E-state index >= 15 is 0 Å². The van der Waals surface area contributed by atoms with Crippen molar-refractivity contribution in [1.82, 2.24) is 4.98 Å². The van der Waals surface area contributed by atoms with E-state index < -0.39 is 6.10 Å². The summed E-state index contributed by atoms with van der Waals surface area (Å²) in [5.41, 5.74) is 1.87. The van der Waals surface area contributed by atoms with Crippen molar-refractivity contribution >= 4 is 5.82 Å². The molecule has 1 heterocycles. The van der Waals surface area contributed by atoms with Crippen LogP contribution in [0, 0.1) is 6.92 Å². The Bertz CT molecular complexity index is 471. The molecule has 0 saturated heterocycles. The Hall–Kier alpha value is -1.87. The topological polar surface area (TPSA) is 45.1 Å². The first-order valence-electron chi connectivity index (χ1n) is 5.66. The van der Waals surface area contributed by atoms with Crippen LogP contribution in [-0.2, 0) is 0 Å². The molecule has 0 radical (unpaired) electrons. The van der Waals surface area contributed by atoms with Crippen molar-refractivity contribution in [2.45, 2.75) is 13.0 Å². The molecule has 1 unspecified atom stereocenters. The third-order valence-corrected chi connectivity index (χ3v) is 2.55. The van der Waals surface area contributed by atoms with Gasteiger partial charge < -0.3 is 10.4 Å². The van der Waals surface area contributed by atoms with Gasteiger partial charge in [0.25, 0.3) is 0 Å². The molecular formula is C14H16N2O. The van der Waals surface area contributed by atoms with E-state index in [4.69, 9.17) is 0 Å². The zero-order chi connectivity index (χ0) is 12.1. The lowest BCUT2D eigenvalue weighted by atomic mass is 10.1. The highest BCUT2D eigenvalue weighted by Gasteiger charge is 2.06. The quantitative estimate of drug-likeness (QED) is 0.845. The monoisotopic (exact) mass is 228 g/mol. The number of aliphatic hydroxyl groups is 1. The van der Waals surface area contributed by atoms with Gasteiger partial charge in [-0.25, -0.2) is 4.98 Å². The second-order valence-corrected chi connectivity index (χ2v) is 3.97. The number of hydrogen-bond acceptors (Lipinski definition) is 3. The van der Waals surface area contributed by atoms with E-state index in [9.17, 15) is 5.11 Å². The van der Waals surface area contributed by atoms with Crippen LogP contribution in [0.1, 0.15) is 17.4 Å². The predicted molar refractivity (Wildman–Crippen MR) is 68.9 cm³/mol. The van der Waals surface area contributed by atoms with Crippen molar-refractivity contribution in [2.75, 3.05) is 11.9 Å². The van der Waals surface area contributed by atoms with E-state index in [1.54, 1.807) is 0 Å². The number of aliphatic hydroxyl groups excluding tert-OH is 1. The number of aromatic nitrogens is 1. The molecule has 2 rings (SSSR count). The molecule has 0 bridgehead atoms. The summed E-state index contributed by atoms with van der Waals surface area (Å²) in [6.45, 7) is 2.40. The Morgan fingerprint density at radius 2 is 1.88 bits per heavy atom. The van der Waals surface area contributed by atoms with Gasteiger partial charge in [0.15, 0.2) is 0 Å². The van der Waals surface area contributed by atoms with Crippen LogP contribution in [0.3, 0.4) is 0 Å². The van der Waals surface area contributed by atoms with E-state index in [-0.39, 0.29) is 0 Å². The van der Waals surface area contributed by atoms with E-state index in [0.717, 1.165) is 17.1 Å². The highest BCUT2D eigenvalue weighted by Crippen LogP contribution is 2.13. The van der Waals surface area contributed by atoms with Gasteiger partial charge in [0.1, 0.15) is 5.82 Å². The summed E-state index contributed by atoms with van der Waals surface area (Å²) in [5.74, 6) is 0.792. The van der Waals surface area contributed by atoms with Gasteiger partial charge in [-0.15, -0.1) is 0 Å². The summed E-state index contributed by atoms with van der Waals surface area (Å²) in [5, 5.41) is 13.1. The fourth-order valence-electron chi connectivity index (χ4n) is 1.64. The van der Waals surface area contributed by atoms with Gasteiger partial charge in [-0.05, 0) is 24.6 Å². The lowest BCUT2D eigenvalue weighted by Gasteiger charge is -2.12. The molecule has 0 spiro atoms. The summed E-state index contributed by atoms with van der Waals surface area (Å²) in [6, 6.07) is 15.4. The normalized spacial score (nSPS) is 12.1. The molecule has 0 aliphatic heterocycles. The standard InChI is InChI=1S/C14H16N2O/c1-11-6-5-9-14(16-11)15-10-13(17)12-7-3-2-4-8-12/h2-9,13,17H,10H2,1H3,(H,15,16). The molecule has 1 atom stereocenters. The molecule has 1 aromatic carbocycles. The van der Waals surface area contributed by atoms with E-state index in [2.05, 4.69) is 10.3 Å². The largest absolute Gasteiger partial charge is 0.387 e. The van der Waals surface area contributed by atoms with Crippen LogP contribution in [0.5, 0.6) is 0 Å². The first-order valence-corrected chi connectivity index (χ1v) is 5.66. The molecule has 88 valence electrons. The second kappa shape index (κ2) is 5.46. The highest BCUT2D eigenvalue weighted by molar-refractivity contribution is 5.35. The Morgan fingerprint density at radius 3 is 2.59 bits per heavy atom. The number of pyridine rings is 1. The molecule has 0 saturated carbocycles. The molecule has 17 heavy (non-hydrogen) atoms. The molecule has 2 N–H and O–H groups in total. The van der Waals surface area contributed by atoms with Gasteiger partial charge in [0.2, 0.25) is 0 Å². The minimum atomic E-state index is -0.515. The molecule has 1 aromatic heterocycles. The zero-order valence-electron chi connectivity index (χ0n) is 9.80. The van der Waals surface area contributed by atoms with Crippen molar-refractivity contribution in [1.29, 1.82) is 0 Å². The van der Waals surface area contributed by atoms with Crippen LogP contribution in [0.25, 0.3) is 0 Å². The fraction of sp³-hybridized carbons (Fsp3) is 0.214. The van der Waals surface area contributed by atoms with Gasteiger partial charge in [0, 0.05) is 12.2 Å². The Morgan fingerprint density at radius 1 is 1.12 bits per heavy atom. The summed E-state index contributed by atoms with van der Waals surface area (Å²) in [7, 11) is 0. The third-order valence-electron chi connectivity index (χ3n) is 2.55. The number of nitrogens with one attached hydrogen (secondary N) is 1. The molecule has 3 nitrogen and oxygen atoms in total. The predicted octanol–water partition coefficient (Wildman–Crippen LogP) is 2.54. The van der Waals surface area contributed by atoms with Crippen LogP contribution in [0.4, 0.5) is 5.82 Å². The van der Waals surface area contributed by atoms with Gasteiger partial charge in [0.05, 0.1) is 6.10 Å². The minimum absolute atomic E-state index is 0.459. The maximum atomic E-state index is 9.96. The average Bonchev–Trinajstić information content (AvgIpc) is 2.37.